The molecule has 1 aromatic carbocycles. The van der Waals surface area contributed by atoms with Gasteiger partial charge in [-0.15, -0.1) is 0 Å². The smallest absolute Gasteiger partial charge is 0.127 e. The van der Waals surface area contributed by atoms with Gasteiger partial charge in [-0.2, -0.15) is 0 Å². The first-order valence-electron chi connectivity index (χ1n) is 7.92. The lowest BCUT2D eigenvalue weighted by atomic mass is 10.00. The summed E-state index contributed by atoms with van der Waals surface area (Å²) in [6.45, 7) is 15.6. The Labute approximate surface area is 130 Å². The van der Waals surface area contributed by atoms with E-state index in [0.29, 0.717) is 0 Å². The zero-order valence-corrected chi connectivity index (χ0v) is 16.1. The summed E-state index contributed by atoms with van der Waals surface area (Å²) in [5, 5.41) is 1.69. The third-order valence-electron chi connectivity index (χ3n) is 4.13. The first-order valence-corrected chi connectivity index (χ1v) is 15.0. The van der Waals surface area contributed by atoms with Gasteiger partial charge in [0.05, 0.1) is 22.8 Å². The van der Waals surface area contributed by atoms with Crippen LogP contribution in [0.1, 0.15) is 17.5 Å². The van der Waals surface area contributed by atoms with E-state index < -0.39 is 16.1 Å². The average Bonchev–Trinajstić information content (AvgIpc) is 2.64. The summed E-state index contributed by atoms with van der Waals surface area (Å²) < 4.78 is 5.92. The number of hydrogen-bond donors (Lipinski definition) is 0. The Kier molecular flexibility index (Phi) is 3.34. The van der Waals surface area contributed by atoms with Gasteiger partial charge in [-0.3, -0.25) is 0 Å². The zero-order valence-electron chi connectivity index (χ0n) is 14.1. The first kappa shape index (κ1) is 14.9. The minimum Gasteiger partial charge on any atom is -0.493 e. The third kappa shape index (κ3) is 2.57. The number of allylic oxidation sites excluding steroid dienone is 2. The molecule has 0 spiro atoms. The lowest BCUT2D eigenvalue weighted by Crippen LogP contribution is -2.26. The van der Waals surface area contributed by atoms with Gasteiger partial charge in [0.25, 0.3) is 0 Å². The Hall–Kier alpha value is -1.07. The monoisotopic (exact) mass is 314 g/mol. The van der Waals surface area contributed by atoms with Crippen LogP contribution in [0.15, 0.2) is 29.1 Å². The van der Waals surface area contributed by atoms with Crippen molar-refractivity contribution in [2.45, 2.75) is 45.7 Å². The van der Waals surface area contributed by atoms with E-state index in [0.717, 1.165) is 18.8 Å². The molecule has 0 saturated heterocycles. The van der Waals surface area contributed by atoms with Crippen LogP contribution in [0.5, 0.6) is 5.75 Å². The van der Waals surface area contributed by atoms with Gasteiger partial charge < -0.3 is 4.74 Å². The van der Waals surface area contributed by atoms with Crippen molar-refractivity contribution in [3.8, 4) is 5.75 Å². The van der Waals surface area contributed by atoms with E-state index in [9.17, 15) is 0 Å². The summed E-state index contributed by atoms with van der Waals surface area (Å²) in [5.41, 5.74) is 8.59. The molecule has 1 heterocycles. The second kappa shape index (κ2) is 4.72. The van der Waals surface area contributed by atoms with Crippen molar-refractivity contribution in [3.63, 3.8) is 0 Å². The van der Waals surface area contributed by atoms with Crippen molar-refractivity contribution in [2.75, 3.05) is 6.61 Å². The summed E-state index contributed by atoms with van der Waals surface area (Å²) in [6, 6.07) is 6.59. The Balaban J connectivity index is 2.33. The second-order valence-corrected chi connectivity index (χ2v) is 18.3. The van der Waals surface area contributed by atoms with E-state index in [1.165, 1.54) is 11.1 Å². The fourth-order valence-corrected chi connectivity index (χ4v) is 7.04. The summed E-state index contributed by atoms with van der Waals surface area (Å²) in [5.74, 6) is 1.10. The van der Waals surface area contributed by atoms with Crippen LogP contribution in [-0.4, -0.2) is 22.8 Å². The molecular weight excluding hydrogens is 288 g/mol. The van der Waals surface area contributed by atoms with Gasteiger partial charge in [0.15, 0.2) is 0 Å². The molecule has 2 aliphatic rings. The molecular formula is C18H26OSi2. The molecule has 1 nitrogen and oxygen atoms in total. The van der Waals surface area contributed by atoms with Gasteiger partial charge in [0.2, 0.25) is 0 Å². The predicted molar refractivity (Wildman–Crippen MR) is 98.1 cm³/mol. The molecule has 0 amide bonds. The summed E-state index contributed by atoms with van der Waals surface area (Å²) in [6.07, 6.45) is 1.08. The van der Waals surface area contributed by atoms with Crippen molar-refractivity contribution < 1.29 is 4.74 Å². The molecule has 0 saturated carbocycles. The van der Waals surface area contributed by atoms with Crippen LogP contribution >= 0.6 is 0 Å². The largest absolute Gasteiger partial charge is 0.493 e. The Bertz CT molecular complexity index is 655. The van der Waals surface area contributed by atoms with Gasteiger partial charge in [-0.05, 0) is 28.0 Å². The van der Waals surface area contributed by atoms with E-state index in [1.807, 2.05) is 0 Å². The molecule has 1 aromatic rings. The number of ether oxygens (including phenoxy) is 1. The highest BCUT2D eigenvalue weighted by atomic mass is 28.3. The van der Waals surface area contributed by atoms with Crippen molar-refractivity contribution in [1.82, 2.24) is 0 Å². The van der Waals surface area contributed by atoms with Gasteiger partial charge in [-0.1, -0.05) is 57.1 Å². The number of benzene rings is 1. The molecule has 1 aliphatic heterocycles. The van der Waals surface area contributed by atoms with E-state index in [2.05, 4.69) is 63.2 Å². The quantitative estimate of drug-likeness (QED) is 0.666. The molecule has 0 unspecified atom stereocenters. The van der Waals surface area contributed by atoms with Gasteiger partial charge in [0.1, 0.15) is 5.75 Å². The highest BCUT2D eigenvalue weighted by Crippen LogP contribution is 2.51. The minimum absolute atomic E-state index is 0.833. The molecule has 0 N–H and O–H groups in total. The molecule has 1 aliphatic carbocycles. The van der Waals surface area contributed by atoms with Crippen molar-refractivity contribution >= 4 is 27.3 Å². The number of rotatable bonds is 2. The van der Waals surface area contributed by atoms with E-state index in [-0.39, 0.29) is 0 Å². The molecule has 0 radical (unpaired) electrons. The SMILES string of the molecule is C[Si](C)(C)C=C1C([Si](C)(C)C)=C2CCOc3cccc1c32. The Morgan fingerprint density at radius 2 is 1.76 bits per heavy atom. The van der Waals surface area contributed by atoms with E-state index >= 15 is 0 Å². The van der Waals surface area contributed by atoms with Crippen LogP contribution in [0, 0.1) is 0 Å². The Morgan fingerprint density at radius 1 is 1.05 bits per heavy atom. The maximum atomic E-state index is 5.92. The molecule has 0 bridgehead atoms. The van der Waals surface area contributed by atoms with Gasteiger partial charge in [-0.25, -0.2) is 0 Å². The first-order chi connectivity index (χ1) is 9.68. The van der Waals surface area contributed by atoms with Crippen LogP contribution in [-0.2, 0) is 0 Å². The lowest BCUT2D eigenvalue weighted by molar-refractivity contribution is 0.316. The molecule has 0 atom stereocenters. The maximum absolute atomic E-state index is 5.92. The van der Waals surface area contributed by atoms with Crippen LogP contribution < -0.4 is 4.74 Å². The van der Waals surface area contributed by atoms with Crippen LogP contribution in [0.4, 0.5) is 0 Å². The van der Waals surface area contributed by atoms with Crippen molar-refractivity contribution in [3.05, 3.63) is 40.2 Å². The van der Waals surface area contributed by atoms with E-state index in [1.54, 1.807) is 16.3 Å². The van der Waals surface area contributed by atoms with E-state index in [4.69, 9.17) is 4.74 Å². The van der Waals surface area contributed by atoms with Gasteiger partial charge >= 0.3 is 0 Å². The molecule has 21 heavy (non-hydrogen) atoms. The molecule has 0 fully saturated rings. The highest BCUT2D eigenvalue weighted by Gasteiger charge is 2.37. The molecule has 112 valence electrons. The molecule has 3 rings (SSSR count). The minimum atomic E-state index is -1.38. The highest BCUT2D eigenvalue weighted by molar-refractivity contribution is 6.88. The van der Waals surface area contributed by atoms with Crippen LogP contribution in [0.2, 0.25) is 39.3 Å². The lowest BCUT2D eigenvalue weighted by Gasteiger charge is -2.25. The van der Waals surface area contributed by atoms with Crippen molar-refractivity contribution in [1.29, 1.82) is 0 Å². The maximum Gasteiger partial charge on any atom is 0.127 e. The van der Waals surface area contributed by atoms with Crippen molar-refractivity contribution in [2.24, 2.45) is 0 Å². The third-order valence-corrected chi connectivity index (χ3v) is 7.35. The summed E-state index contributed by atoms with van der Waals surface area (Å²) >= 11 is 0. The summed E-state index contributed by atoms with van der Waals surface area (Å²) in [7, 11) is -2.65. The second-order valence-electron chi connectivity index (χ2n) is 8.30. The summed E-state index contributed by atoms with van der Waals surface area (Å²) in [4.78, 5) is 0. The predicted octanol–water partition coefficient (Wildman–Crippen LogP) is 5.37. The van der Waals surface area contributed by atoms with Crippen LogP contribution in [0.3, 0.4) is 0 Å². The number of hydrogen-bond acceptors (Lipinski definition) is 1. The fraction of sp³-hybridized carbons (Fsp3) is 0.444. The average molecular weight is 315 g/mol. The molecule has 0 aromatic heterocycles. The molecule has 3 heteroatoms. The fourth-order valence-electron chi connectivity index (χ4n) is 3.56. The topological polar surface area (TPSA) is 9.23 Å². The van der Waals surface area contributed by atoms with Gasteiger partial charge in [0, 0.05) is 12.0 Å². The normalized spacial score (nSPS) is 19.8. The van der Waals surface area contributed by atoms with Crippen LogP contribution in [0.25, 0.3) is 11.1 Å². The Morgan fingerprint density at radius 3 is 2.38 bits per heavy atom. The zero-order chi connectivity index (χ0) is 15.4. The standard InChI is InChI=1S/C18H26OSi2/c1-20(2,3)12-15-13-8-7-9-16-17(13)14(10-11-19-16)18(15)21(4,5)6/h7-9,12H,10-11H2,1-6H3.